The van der Waals surface area contributed by atoms with Crippen molar-refractivity contribution in [1.29, 1.82) is 0 Å². The van der Waals surface area contributed by atoms with E-state index in [-0.39, 0.29) is 6.04 Å². The molecule has 2 aliphatic carbocycles. The van der Waals surface area contributed by atoms with Gasteiger partial charge in [0.15, 0.2) is 11.4 Å². The third kappa shape index (κ3) is 3.17. The van der Waals surface area contributed by atoms with Crippen molar-refractivity contribution in [1.82, 2.24) is 4.72 Å². The minimum atomic E-state index is -4.66. The highest BCUT2D eigenvalue weighted by Gasteiger charge is 2.46. The summed E-state index contributed by atoms with van der Waals surface area (Å²) in [4.78, 5) is 0. The number of nitrogens with one attached hydrogen (secondary N) is 1. The van der Waals surface area contributed by atoms with E-state index < -0.39 is 16.9 Å². The number of rotatable bonds is 4. The van der Waals surface area contributed by atoms with Gasteiger partial charge >= 0.3 is 5.51 Å². The highest BCUT2D eigenvalue weighted by Crippen LogP contribution is 2.45. The molecule has 1 saturated carbocycles. The van der Waals surface area contributed by atoms with Gasteiger partial charge in [0.1, 0.15) is 0 Å². The van der Waals surface area contributed by atoms with Crippen molar-refractivity contribution < 1.29 is 17.7 Å². The molecule has 2 bridgehead atoms. The normalized spacial score (nSPS) is 35.2. The van der Waals surface area contributed by atoms with Gasteiger partial charge in [0.2, 0.25) is 0 Å². The monoisotopic (exact) mass is 267 g/mol. The smallest absolute Gasteiger partial charge is 0.591 e. The Bertz CT molecular complexity index is 308. The quantitative estimate of drug-likeness (QED) is 0.628. The fraction of sp³-hybridized carbons (Fsp3) is 0.818. The topological polar surface area (TPSA) is 35.1 Å². The molecule has 0 heterocycles. The number of halogens is 3. The summed E-state index contributed by atoms with van der Waals surface area (Å²) in [5.41, 5.74) is -4.66. The highest BCUT2D eigenvalue weighted by molar-refractivity contribution is 7.90. The zero-order valence-corrected chi connectivity index (χ0v) is 10.4. The van der Waals surface area contributed by atoms with Gasteiger partial charge in [-0.05, 0) is 43.9 Å². The largest absolute Gasteiger partial charge is 0.592 e. The van der Waals surface area contributed by atoms with Crippen molar-refractivity contribution in [2.45, 2.75) is 37.7 Å². The van der Waals surface area contributed by atoms with Gasteiger partial charge in [-0.2, -0.15) is 0 Å². The standard InChI is InChI=1S/C11H16F3NOS/c1-7(15-17(16)11(12,13)14)4-10-6-8-2-3-9(10)5-8/h2-3,7-10,15H,4-6H2,1H3. The molecule has 98 valence electrons. The molecule has 2 rings (SSSR count). The Morgan fingerprint density at radius 1 is 1.41 bits per heavy atom. The Hall–Kier alpha value is -0.200. The molecule has 1 N–H and O–H groups in total. The van der Waals surface area contributed by atoms with Gasteiger partial charge in [-0.25, -0.2) is 0 Å². The van der Waals surface area contributed by atoms with Crippen LogP contribution in [0.5, 0.6) is 0 Å². The SMILES string of the molecule is CC(CC1CC2C=CC1C2)N[S+]([O-])C(F)(F)F. The molecule has 0 saturated heterocycles. The second kappa shape index (κ2) is 4.82. The second-order valence-electron chi connectivity index (χ2n) is 5.01. The maximum absolute atomic E-state index is 12.1. The predicted molar refractivity (Wildman–Crippen MR) is 60.3 cm³/mol. The highest BCUT2D eigenvalue weighted by atomic mass is 32.2. The molecule has 0 aromatic carbocycles. The van der Waals surface area contributed by atoms with E-state index in [2.05, 4.69) is 16.9 Å². The summed E-state index contributed by atoms with van der Waals surface area (Å²) >= 11 is -2.94. The van der Waals surface area contributed by atoms with Gasteiger partial charge in [0, 0.05) is 0 Å². The van der Waals surface area contributed by atoms with Crippen LogP contribution in [0.15, 0.2) is 12.2 Å². The van der Waals surface area contributed by atoms with Crippen LogP contribution in [0.2, 0.25) is 0 Å². The van der Waals surface area contributed by atoms with E-state index >= 15 is 0 Å². The first kappa shape index (κ1) is 13.2. The van der Waals surface area contributed by atoms with E-state index in [4.69, 9.17) is 0 Å². The van der Waals surface area contributed by atoms with E-state index in [0.29, 0.717) is 24.2 Å². The molecule has 6 heteroatoms. The van der Waals surface area contributed by atoms with Gasteiger partial charge < -0.3 is 4.55 Å². The van der Waals surface area contributed by atoms with Crippen LogP contribution in [0.25, 0.3) is 0 Å². The third-order valence-electron chi connectivity index (χ3n) is 3.59. The first-order chi connectivity index (χ1) is 7.86. The van der Waals surface area contributed by atoms with E-state index in [9.17, 15) is 17.7 Å². The third-order valence-corrected chi connectivity index (χ3v) is 4.63. The van der Waals surface area contributed by atoms with E-state index in [0.717, 1.165) is 12.8 Å². The first-order valence-corrected chi connectivity index (χ1v) is 6.94. The minimum absolute atomic E-state index is 0.366. The molecule has 0 amide bonds. The van der Waals surface area contributed by atoms with E-state index in [1.54, 1.807) is 6.92 Å². The molecule has 0 spiro atoms. The lowest BCUT2D eigenvalue weighted by molar-refractivity contribution is -0.0450. The number of allylic oxidation sites excluding steroid dienone is 2. The fourth-order valence-electron chi connectivity index (χ4n) is 2.92. The van der Waals surface area contributed by atoms with Crippen LogP contribution in [0.1, 0.15) is 26.2 Å². The fourth-order valence-corrected chi connectivity index (χ4v) is 3.51. The van der Waals surface area contributed by atoms with Crippen molar-refractivity contribution in [2.24, 2.45) is 17.8 Å². The van der Waals surface area contributed by atoms with Crippen LogP contribution in [-0.4, -0.2) is 16.1 Å². The Morgan fingerprint density at radius 3 is 2.59 bits per heavy atom. The van der Waals surface area contributed by atoms with Crippen LogP contribution in [-0.2, 0) is 11.4 Å². The maximum atomic E-state index is 12.1. The Balaban J connectivity index is 1.78. The summed E-state index contributed by atoms with van der Waals surface area (Å²) in [5, 5.41) is 0. The van der Waals surface area contributed by atoms with Crippen molar-refractivity contribution in [2.75, 3.05) is 0 Å². The first-order valence-electron chi connectivity index (χ1n) is 5.79. The van der Waals surface area contributed by atoms with Crippen LogP contribution >= 0.6 is 0 Å². The maximum Gasteiger partial charge on any atom is 0.592 e. The number of hydrogen-bond acceptors (Lipinski definition) is 2. The Labute approximate surface area is 102 Å². The number of fused-ring (bicyclic) bond motifs is 2. The molecule has 0 radical (unpaired) electrons. The molecule has 1 fully saturated rings. The molecule has 17 heavy (non-hydrogen) atoms. The zero-order valence-electron chi connectivity index (χ0n) is 9.54. The van der Waals surface area contributed by atoms with Gasteiger partial charge in [0.25, 0.3) is 0 Å². The van der Waals surface area contributed by atoms with Crippen LogP contribution in [0.3, 0.4) is 0 Å². The van der Waals surface area contributed by atoms with E-state index in [1.807, 2.05) is 0 Å². The molecule has 2 nitrogen and oxygen atoms in total. The molecule has 0 aromatic heterocycles. The molecule has 5 atom stereocenters. The molecular formula is C11H16F3NOS. The number of alkyl halides is 3. The average Bonchev–Trinajstić information content (AvgIpc) is 2.77. The average molecular weight is 267 g/mol. The van der Waals surface area contributed by atoms with Crippen LogP contribution in [0, 0.1) is 17.8 Å². The van der Waals surface area contributed by atoms with Crippen molar-refractivity contribution >= 4 is 11.4 Å². The minimum Gasteiger partial charge on any atom is -0.591 e. The van der Waals surface area contributed by atoms with Crippen LogP contribution < -0.4 is 4.72 Å². The molecule has 0 aromatic rings. The van der Waals surface area contributed by atoms with Crippen molar-refractivity contribution in [3.63, 3.8) is 0 Å². The summed E-state index contributed by atoms with van der Waals surface area (Å²) in [6.07, 6.45) is 7.23. The molecular weight excluding hydrogens is 251 g/mol. The van der Waals surface area contributed by atoms with Crippen LogP contribution in [0.4, 0.5) is 13.2 Å². The van der Waals surface area contributed by atoms with Gasteiger partial charge in [-0.3, -0.25) is 0 Å². The predicted octanol–water partition coefficient (Wildman–Crippen LogP) is 2.75. The Morgan fingerprint density at radius 2 is 2.12 bits per heavy atom. The summed E-state index contributed by atoms with van der Waals surface area (Å²) in [5.74, 6) is 1.58. The molecule has 5 unspecified atom stereocenters. The van der Waals surface area contributed by atoms with Gasteiger partial charge in [-0.1, -0.05) is 12.2 Å². The number of hydrogen-bond donors (Lipinski definition) is 1. The molecule has 2 aliphatic rings. The van der Waals surface area contributed by atoms with Crippen molar-refractivity contribution in [3.8, 4) is 0 Å². The lowest BCUT2D eigenvalue weighted by atomic mass is 9.88. The van der Waals surface area contributed by atoms with E-state index in [1.165, 1.54) is 0 Å². The zero-order chi connectivity index (χ0) is 12.6. The van der Waals surface area contributed by atoms with Crippen molar-refractivity contribution in [3.05, 3.63) is 12.2 Å². The van der Waals surface area contributed by atoms with Gasteiger partial charge in [0.05, 0.1) is 6.04 Å². The summed E-state index contributed by atoms with van der Waals surface area (Å²) in [6, 6.07) is -0.366. The lowest BCUT2D eigenvalue weighted by Crippen LogP contribution is -2.42. The molecule has 0 aliphatic heterocycles. The Kier molecular flexibility index (Phi) is 3.75. The summed E-state index contributed by atoms with van der Waals surface area (Å²) < 4.78 is 49.3. The lowest BCUT2D eigenvalue weighted by Gasteiger charge is -2.23. The summed E-state index contributed by atoms with van der Waals surface area (Å²) in [7, 11) is 0. The second-order valence-corrected chi connectivity index (χ2v) is 6.25. The summed E-state index contributed by atoms with van der Waals surface area (Å²) in [6.45, 7) is 1.67. The van der Waals surface area contributed by atoms with Gasteiger partial charge in [-0.15, -0.1) is 17.9 Å².